The van der Waals surface area contributed by atoms with Gasteiger partial charge in [0.25, 0.3) is 0 Å². The molecule has 0 radical (unpaired) electrons. The highest BCUT2D eigenvalue weighted by Gasteiger charge is 2.12. The Bertz CT molecular complexity index is 484. The number of halogens is 1. The molecule has 0 fully saturated rings. The topological polar surface area (TPSA) is 0 Å². The lowest BCUT2D eigenvalue weighted by atomic mass is 9.96. The van der Waals surface area contributed by atoms with Gasteiger partial charge in [-0.3, -0.25) is 0 Å². The largest absolute Gasteiger partial charge is 0.145 e. The highest BCUT2D eigenvalue weighted by molar-refractivity contribution is 9.09. The number of benzene rings is 1. The number of alkyl halides is 1. The van der Waals surface area contributed by atoms with E-state index in [4.69, 9.17) is 0 Å². The zero-order chi connectivity index (χ0) is 13.0. The lowest BCUT2D eigenvalue weighted by molar-refractivity contribution is 0.785. The number of thiophene rings is 1. The summed E-state index contributed by atoms with van der Waals surface area (Å²) in [7, 11) is 0. The lowest BCUT2D eigenvalue weighted by Gasteiger charge is -2.13. The van der Waals surface area contributed by atoms with Crippen molar-refractivity contribution in [1.82, 2.24) is 0 Å². The normalized spacial score (nSPS) is 12.6. The van der Waals surface area contributed by atoms with Gasteiger partial charge in [0.05, 0.1) is 0 Å². The van der Waals surface area contributed by atoms with Crippen molar-refractivity contribution in [2.24, 2.45) is 0 Å². The van der Waals surface area contributed by atoms with E-state index in [2.05, 4.69) is 66.2 Å². The summed E-state index contributed by atoms with van der Waals surface area (Å²) in [5, 5.41) is 1.02. The van der Waals surface area contributed by atoms with Crippen molar-refractivity contribution in [2.45, 2.75) is 32.6 Å². The van der Waals surface area contributed by atoms with E-state index < -0.39 is 0 Å². The standard InChI is InChI=1S/C16H19BrS/c1-3-15-8-9-16(18-15)10-14(11-17)13-6-4-12(2)5-7-13/h4-9,14H,3,10-11H2,1-2H3. The third-order valence-corrected chi connectivity index (χ3v) is 5.28. The summed E-state index contributed by atoms with van der Waals surface area (Å²) < 4.78 is 0. The minimum atomic E-state index is 0.578. The van der Waals surface area contributed by atoms with Gasteiger partial charge in [-0.25, -0.2) is 0 Å². The van der Waals surface area contributed by atoms with Crippen molar-refractivity contribution >= 4 is 27.3 Å². The van der Waals surface area contributed by atoms with Crippen LogP contribution in [0.5, 0.6) is 0 Å². The molecule has 2 heteroatoms. The highest BCUT2D eigenvalue weighted by atomic mass is 79.9. The molecule has 0 nitrogen and oxygen atoms in total. The van der Waals surface area contributed by atoms with Crippen LogP contribution in [-0.2, 0) is 12.8 Å². The summed E-state index contributed by atoms with van der Waals surface area (Å²) in [6.45, 7) is 4.36. The Balaban J connectivity index is 2.11. The van der Waals surface area contributed by atoms with Gasteiger partial charge in [0.1, 0.15) is 0 Å². The number of hydrogen-bond donors (Lipinski definition) is 0. The molecule has 18 heavy (non-hydrogen) atoms. The van der Waals surface area contributed by atoms with Crippen molar-refractivity contribution in [3.63, 3.8) is 0 Å². The third-order valence-electron chi connectivity index (χ3n) is 3.25. The predicted molar refractivity (Wildman–Crippen MR) is 85.1 cm³/mol. The first kappa shape index (κ1) is 13.8. The predicted octanol–water partition coefficient (Wildman–Crippen LogP) is 5.34. The average molecular weight is 323 g/mol. The zero-order valence-corrected chi connectivity index (χ0v) is 13.4. The van der Waals surface area contributed by atoms with Gasteiger partial charge in [-0.15, -0.1) is 11.3 Å². The summed E-state index contributed by atoms with van der Waals surface area (Å²) in [5.74, 6) is 0.578. The molecule has 0 aliphatic rings. The van der Waals surface area contributed by atoms with Gasteiger partial charge in [0, 0.05) is 15.1 Å². The minimum absolute atomic E-state index is 0.578. The first-order chi connectivity index (χ1) is 8.72. The van der Waals surface area contributed by atoms with Crippen LogP contribution in [0.25, 0.3) is 0 Å². The Labute approximate surface area is 122 Å². The molecule has 2 aromatic rings. The van der Waals surface area contributed by atoms with Gasteiger partial charge in [0.2, 0.25) is 0 Å². The van der Waals surface area contributed by atoms with Gasteiger partial charge in [0.15, 0.2) is 0 Å². The fourth-order valence-corrected chi connectivity index (χ4v) is 3.71. The summed E-state index contributed by atoms with van der Waals surface area (Å²) in [4.78, 5) is 2.99. The SMILES string of the molecule is CCc1ccc(CC(CBr)c2ccc(C)cc2)s1. The van der Waals surface area contributed by atoms with Crippen molar-refractivity contribution in [2.75, 3.05) is 5.33 Å². The Morgan fingerprint density at radius 1 is 1.06 bits per heavy atom. The molecular weight excluding hydrogens is 304 g/mol. The van der Waals surface area contributed by atoms with E-state index in [0.29, 0.717) is 5.92 Å². The molecule has 1 aromatic heterocycles. The molecule has 0 amide bonds. The van der Waals surface area contributed by atoms with E-state index in [1.807, 2.05) is 11.3 Å². The Hall–Kier alpha value is -0.600. The fraction of sp³-hybridized carbons (Fsp3) is 0.375. The smallest absolute Gasteiger partial charge is 0.0104 e. The third kappa shape index (κ3) is 3.46. The van der Waals surface area contributed by atoms with E-state index in [0.717, 1.165) is 18.2 Å². The van der Waals surface area contributed by atoms with Gasteiger partial charge < -0.3 is 0 Å². The maximum Gasteiger partial charge on any atom is 0.0104 e. The van der Waals surface area contributed by atoms with Gasteiger partial charge in [-0.2, -0.15) is 0 Å². The van der Waals surface area contributed by atoms with E-state index in [1.54, 1.807) is 0 Å². The molecule has 1 heterocycles. The molecule has 0 spiro atoms. The lowest BCUT2D eigenvalue weighted by Crippen LogP contribution is -2.03. The maximum atomic E-state index is 3.66. The van der Waals surface area contributed by atoms with Gasteiger partial charge in [-0.1, -0.05) is 52.7 Å². The molecule has 0 N–H and O–H groups in total. The van der Waals surface area contributed by atoms with Crippen LogP contribution < -0.4 is 0 Å². The number of aryl methyl sites for hydroxylation is 2. The van der Waals surface area contributed by atoms with Crippen LogP contribution >= 0.6 is 27.3 Å². The minimum Gasteiger partial charge on any atom is -0.145 e. The molecule has 1 aromatic carbocycles. The fourth-order valence-electron chi connectivity index (χ4n) is 2.07. The van der Waals surface area contributed by atoms with Crippen LogP contribution in [0.15, 0.2) is 36.4 Å². The molecule has 1 atom stereocenters. The van der Waals surface area contributed by atoms with Crippen LogP contribution in [0, 0.1) is 6.92 Å². The summed E-state index contributed by atoms with van der Waals surface area (Å²) in [5.41, 5.74) is 2.76. The van der Waals surface area contributed by atoms with Crippen molar-refractivity contribution in [3.8, 4) is 0 Å². The summed E-state index contributed by atoms with van der Waals surface area (Å²) >= 11 is 5.61. The summed E-state index contributed by atoms with van der Waals surface area (Å²) in [6, 6.07) is 13.5. The molecule has 0 aliphatic heterocycles. The second kappa shape index (κ2) is 6.53. The molecule has 0 saturated heterocycles. The molecule has 0 saturated carbocycles. The molecule has 0 bridgehead atoms. The van der Waals surface area contributed by atoms with Gasteiger partial charge >= 0.3 is 0 Å². The van der Waals surface area contributed by atoms with Crippen LogP contribution in [0.4, 0.5) is 0 Å². The first-order valence-corrected chi connectivity index (χ1v) is 8.36. The Kier molecular flexibility index (Phi) is 5.02. The number of hydrogen-bond acceptors (Lipinski definition) is 1. The Morgan fingerprint density at radius 2 is 1.72 bits per heavy atom. The number of rotatable bonds is 5. The van der Waals surface area contributed by atoms with E-state index in [-0.39, 0.29) is 0 Å². The van der Waals surface area contributed by atoms with Gasteiger partial charge in [-0.05, 0) is 43.4 Å². The molecule has 2 rings (SSSR count). The Morgan fingerprint density at radius 3 is 2.28 bits per heavy atom. The molecular formula is C16H19BrS. The van der Waals surface area contributed by atoms with Crippen LogP contribution in [0.3, 0.4) is 0 Å². The van der Waals surface area contributed by atoms with Crippen molar-refractivity contribution < 1.29 is 0 Å². The van der Waals surface area contributed by atoms with E-state index in [9.17, 15) is 0 Å². The molecule has 96 valence electrons. The van der Waals surface area contributed by atoms with E-state index in [1.165, 1.54) is 20.9 Å². The van der Waals surface area contributed by atoms with Crippen LogP contribution in [0.2, 0.25) is 0 Å². The van der Waals surface area contributed by atoms with Crippen molar-refractivity contribution in [3.05, 3.63) is 57.3 Å². The molecule has 1 unspecified atom stereocenters. The second-order valence-corrected chi connectivity index (χ2v) is 6.59. The molecule has 0 aliphatic carbocycles. The average Bonchev–Trinajstić information content (AvgIpc) is 2.85. The first-order valence-electron chi connectivity index (χ1n) is 6.43. The second-order valence-electron chi connectivity index (χ2n) is 4.69. The quantitative estimate of drug-likeness (QED) is 0.652. The highest BCUT2D eigenvalue weighted by Crippen LogP contribution is 2.27. The van der Waals surface area contributed by atoms with Crippen molar-refractivity contribution in [1.29, 1.82) is 0 Å². The van der Waals surface area contributed by atoms with Crippen LogP contribution in [0.1, 0.15) is 33.7 Å². The van der Waals surface area contributed by atoms with Crippen LogP contribution in [-0.4, -0.2) is 5.33 Å². The summed E-state index contributed by atoms with van der Waals surface area (Å²) in [6.07, 6.45) is 2.28. The monoisotopic (exact) mass is 322 g/mol. The zero-order valence-electron chi connectivity index (χ0n) is 10.9. The maximum absolute atomic E-state index is 3.66. The van der Waals surface area contributed by atoms with E-state index >= 15 is 0 Å².